The SMILES string of the molecule is Cc1nc(N[C@H]2CCOC[C@@H]2C)nc(-n2ccnc2C)c1[N+](=O)[O-]. The molecular weight excluding hydrogens is 312 g/mol. The number of ether oxygens (including phenoxy) is 1. The van der Waals surface area contributed by atoms with E-state index in [1.807, 2.05) is 0 Å². The molecule has 1 fully saturated rings. The highest BCUT2D eigenvalue weighted by Gasteiger charge is 2.27. The van der Waals surface area contributed by atoms with E-state index in [0.717, 1.165) is 6.42 Å². The van der Waals surface area contributed by atoms with E-state index in [1.165, 1.54) is 0 Å². The molecule has 0 saturated carbocycles. The Labute approximate surface area is 139 Å². The molecule has 2 atom stereocenters. The van der Waals surface area contributed by atoms with Gasteiger partial charge in [-0.15, -0.1) is 0 Å². The number of aromatic nitrogens is 4. The molecule has 0 radical (unpaired) electrons. The quantitative estimate of drug-likeness (QED) is 0.674. The van der Waals surface area contributed by atoms with E-state index in [4.69, 9.17) is 4.74 Å². The van der Waals surface area contributed by atoms with Gasteiger partial charge in [0, 0.05) is 25.0 Å². The Kier molecular flexibility index (Phi) is 4.43. The van der Waals surface area contributed by atoms with Gasteiger partial charge in [-0.3, -0.25) is 14.7 Å². The number of anilines is 1. The average molecular weight is 332 g/mol. The number of hydrogen-bond donors (Lipinski definition) is 1. The highest BCUT2D eigenvalue weighted by Crippen LogP contribution is 2.27. The molecule has 128 valence electrons. The van der Waals surface area contributed by atoms with Crippen molar-refractivity contribution in [3.05, 3.63) is 34.0 Å². The zero-order chi connectivity index (χ0) is 17.3. The molecular formula is C15H20N6O3. The first-order valence-corrected chi connectivity index (χ1v) is 7.85. The number of hydrogen-bond acceptors (Lipinski definition) is 7. The molecule has 2 aromatic rings. The van der Waals surface area contributed by atoms with Crippen molar-refractivity contribution in [2.45, 2.75) is 33.2 Å². The zero-order valence-electron chi connectivity index (χ0n) is 13.9. The van der Waals surface area contributed by atoms with E-state index in [9.17, 15) is 10.1 Å². The molecule has 9 heteroatoms. The molecule has 1 aliphatic heterocycles. The molecule has 9 nitrogen and oxygen atoms in total. The van der Waals surface area contributed by atoms with Crippen molar-refractivity contribution >= 4 is 11.6 Å². The molecule has 1 aliphatic rings. The lowest BCUT2D eigenvalue weighted by Crippen LogP contribution is -2.36. The number of imidazole rings is 1. The predicted octanol–water partition coefficient (Wildman–Crippen LogP) is 2.02. The third kappa shape index (κ3) is 3.07. The third-order valence-corrected chi connectivity index (χ3v) is 4.23. The average Bonchev–Trinajstić information content (AvgIpc) is 2.94. The van der Waals surface area contributed by atoms with Gasteiger partial charge in [-0.2, -0.15) is 4.98 Å². The van der Waals surface area contributed by atoms with Gasteiger partial charge in [0.05, 0.1) is 11.5 Å². The highest BCUT2D eigenvalue weighted by molar-refractivity contribution is 5.54. The first-order valence-electron chi connectivity index (χ1n) is 7.85. The van der Waals surface area contributed by atoms with Crippen LogP contribution in [0.5, 0.6) is 0 Å². The summed E-state index contributed by atoms with van der Waals surface area (Å²) in [7, 11) is 0. The molecule has 3 heterocycles. The maximum atomic E-state index is 11.5. The number of nitro groups is 1. The minimum Gasteiger partial charge on any atom is -0.381 e. The van der Waals surface area contributed by atoms with Gasteiger partial charge < -0.3 is 10.1 Å². The number of nitrogens with zero attached hydrogens (tertiary/aromatic N) is 5. The molecule has 0 unspecified atom stereocenters. The molecule has 1 saturated heterocycles. The maximum Gasteiger partial charge on any atom is 0.333 e. The number of nitrogens with one attached hydrogen (secondary N) is 1. The van der Waals surface area contributed by atoms with E-state index < -0.39 is 4.92 Å². The van der Waals surface area contributed by atoms with E-state index in [-0.39, 0.29) is 17.5 Å². The van der Waals surface area contributed by atoms with Gasteiger partial charge in [0.1, 0.15) is 11.5 Å². The maximum absolute atomic E-state index is 11.5. The van der Waals surface area contributed by atoms with Crippen LogP contribution in [0.25, 0.3) is 5.82 Å². The molecule has 0 amide bonds. The molecule has 2 aromatic heterocycles. The minimum absolute atomic E-state index is 0.110. The summed E-state index contributed by atoms with van der Waals surface area (Å²) in [4.78, 5) is 23.8. The standard InChI is InChI=1S/C15H20N6O3/c1-9-8-24-7-4-12(9)18-15-17-10(2)13(21(22)23)14(19-15)20-6-5-16-11(20)3/h5-6,9,12H,4,7-8H2,1-3H3,(H,17,18,19)/t9-,12-/m0/s1. The van der Waals surface area contributed by atoms with Crippen molar-refractivity contribution in [3.8, 4) is 5.82 Å². The molecule has 24 heavy (non-hydrogen) atoms. The minimum atomic E-state index is -0.453. The van der Waals surface area contributed by atoms with E-state index >= 15 is 0 Å². The lowest BCUT2D eigenvalue weighted by Gasteiger charge is -2.29. The molecule has 0 spiro atoms. The van der Waals surface area contributed by atoms with Crippen LogP contribution in [0.4, 0.5) is 11.6 Å². The molecule has 0 aliphatic carbocycles. The van der Waals surface area contributed by atoms with E-state index in [2.05, 4.69) is 27.2 Å². The Morgan fingerprint density at radius 3 is 2.83 bits per heavy atom. The molecule has 0 bridgehead atoms. The fraction of sp³-hybridized carbons (Fsp3) is 0.533. The van der Waals surface area contributed by atoms with Crippen molar-refractivity contribution < 1.29 is 9.66 Å². The van der Waals surface area contributed by atoms with Gasteiger partial charge in [0.15, 0.2) is 0 Å². The monoisotopic (exact) mass is 332 g/mol. The van der Waals surface area contributed by atoms with Crippen molar-refractivity contribution in [2.24, 2.45) is 5.92 Å². The summed E-state index contributed by atoms with van der Waals surface area (Å²) in [6, 6.07) is 0.177. The summed E-state index contributed by atoms with van der Waals surface area (Å²) in [5, 5.41) is 14.8. The van der Waals surface area contributed by atoms with Crippen LogP contribution >= 0.6 is 0 Å². The summed E-state index contributed by atoms with van der Waals surface area (Å²) in [6.07, 6.45) is 4.09. The Bertz CT molecular complexity index is 760. The lowest BCUT2D eigenvalue weighted by molar-refractivity contribution is -0.385. The van der Waals surface area contributed by atoms with Crippen LogP contribution in [0.15, 0.2) is 12.4 Å². The van der Waals surface area contributed by atoms with E-state index in [1.54, 1.807) is 30.8 Å². The van der Waals surface area contributed by atoms with Crippen LogP contribution < -0.4 is 5.32 Å². The van der Waals surface area contributed by atoms with Gasteiger partial charge in [0.25, 0.3) is 0 Å². The first kappa shape index (κ1) is 16.3. The van der Waals surface area contributed by atoms with Crippen LogP contribution in [0, 0.1) is 29.9 Å². The summed E-state index contributed by atoms with van der Waals surface area (Å²) < 4.78 is 7.04. The Morgan fingerprint density at radius 1 is 1.42 bits per heavy atom. The van der Waals surface area contributed by atoms with Crippen molar-refractivity contribution in [2.75, 3.05) is 18.5 Å². The lowest BCUT2D eigenvalue weighted by atomic mass is 9.98. The van der Waals surface area contributed by atoms with Crippen molar-refractivity contribution in [1.29, 1.82) is 0 Å². The van der Waals surface area contributed by atoms with Gasteiger partial charge >= 0.3 is 5.69 Å². The number of rotatable bonds is 4. The Balaban J connectivity index is 2.01. The van der Waals surface area contributed by atoms with Gasteiger partial charge in [-0.25, -0.2) is 9.97 Å². The fourth-order valence-electron chi connectivity index (χ4n) is 2.86. The summed E-state index contributed by atoms with van der Waals surface area (Å²) >= 11 is 0. The molecule has 3 rings (SSSR count). The van der Waals surface area contributed by atoms with Crippen LogP contribution in [-0.2, 0) is 4.74 Å². The second-order valence-corrected chi connectivity index (χ2v) is 6.00. The molecule has 1 N–H and O–H groups in total. The largest absolute Gasteiger partial charge is 0.381 e. The number of aryl methyl sites for hydroxylation is 2. The second kappa shape index (κ2) is 6.52. The summed E-state index contributed by atoms with van der Waals surface area (Å²) in [5.41, 5.74) is 0.210. The van der Waals surface area contributed by atoms with Gasteiger partial charge in [0.2, 0.25) is 11.8 Å². The Hall–Kier alpha value is -2.55. The van der Waals surface area contributed by atoms with E-state index in [0.29, 0.717) is 36.6 Å². The summed E-state index contributed by atoms with van der Waals surface area (Å²) in [5.74, 6) is 1.56. The van der Waals surface area contributed by atoms with Crippen LogP contribution in [-0.4, -0.2) is 43.7 Å². The smallest absolute Gasteiger partial charge is 0.333 e. The highest BCUT2D eigenvalue weighted by atomic mass is 16.6. The van der Waals surface area contributed by atoms with Crippen LogP contribution in [0.3, 0.4) is 0 Å². The van der Waals surface area contributed by atoms with Gasteiger partial charge in [-0.05, 0) is 26.2 Å². The Morgan fingerprint density at radius 2 is 2.21 bits per heavy atom. The van der Waals surface area contributed by atoms with Crippen molar-refractivity contribution in [3.63, 3.8) is 0 Å². The second-order valence-electron chi connectivity index (χ2n) is 6.00. The predicted molar refractivity (Wildman–Crippen MR) is 87.3 cm³/mol. The third-order valence-electron chi connectivity index (χ3n) is 4.23. The summed E-state index contributed by atoms with van der Waals surface area (Å²) in [6.45, 7) is 6.84. The normalized spacial score (nSPS) is 20.8. The first-order chi connectivity index (χ1) is 11.5. The topological polar surface area (TPSA) is 108 Å². The molecule has 0 aromatic carbocycles. The van der Waals surface area contributed by atoms with Crippen LogP contribution in [0.2, 0.25) is 0 Å². The fourth-order valence-corrected chi connectivity index (χ4v) is 2.86. The van der Waals surface area contributed by atoms with Gasteiger partial charge in [-0.1, -0.05) is 6.92 Å². The van der Waals surface area contributed by atoms with Crippen molar-refractivity contribution in [1.82, 2.24) is 19.5 Å². The zero-order valence-corrected chi connectivity index (χ0v) is 13.9. The van der Waals surface area contributed by atoms with Crippen LogP contribution in [0.1, 0.15) is 24.9 Å².